The second-order valence-corrected chi connectivity index (χ2v) is 4.25. The second-order valence-electron chi connectivity index (χ2n) is 3.84. The van der Waals surface area contributed by atoms with Crippen LogP contribution >= 0.6 is 11.6 Å². The highest BCUT2D eigenvalue weighted by Crippen LogP contribution is 2.24. The fraction of sp³-hybridized carbons (Fsp3) is 0.364. The molecule has 0 heterocycles. The fourth-order valence-electron chi connectivity index (χ4n) is 1.16. The SMILES string of the molecule is Nc1ccc(NC(=O)COCC(F)(F)C(F)F)c(Cl)c1. The normalized spacial score (nSPS) is 11.7. The molecule has 1 rings (SSSR count). The molecule has 0 atom stereocenters. The maximum Gasteiger partial charge on any atom is 0.330 e. The van der Waals surface area contributed by atoms with E-state index in [0.29, 0.717) is 5.69 Å². The number of amides is 1. The molecule has 0 saturated carbocycles. The molecule has 20 heavy (non-hydrogen) atoms. The first-order chi connectivity index (χ1) is 9.22. The first-order valence-corrected chi connectivity index (χ1v) is 5.69. The summed E-state index contributed by atoms with van der Waals surface area (Å²) in [6.45, 7) is -2.35. The third-order valence-corrected chi connectivity index (χ3v) is 2.43. The average molecular weight is 315 g/mol. The number of anilines is 2. The van der Waals surface area contributed by atoms with Crippen LogP contribution < -0.4 is 11.1 Å². The number of ether oxygens (including phenoxy) is 1. The van der Waals surface area contributed by atoms with Crippen LogP contribution in [0.3, 0.4) is 0 Å². The number of benzene rings is 1. The molecule has 0 bridgehead atoms. The van der Waals surface area contributed by atoms with E-state index in [1.54, 1.807) is 0 Å². The molecule has 1 aromatic carbocycles. The Balaban J connectivity index is 2.45. The fourth-order valence-corrected chi connectivity index (χ4v) is 1.40. The molecule has 0 aliphatic heterocycles. The first-order valence-electron chi connectivity index (χ1n) is 5.31. The molecule has 4 nitrogen and oxygen atoms in total. The molecule has 0 radical (unpaired) electrons. The summed E-state index contributed by atoms with van der Waals surface area (Å²) in [5.41, 5.74) is 6.02. The number of carbonyl (C=O) groups is 1. The summed E-state index contributed by atoms with van der Waals surface area (Å²) in [7, 11) is 0. The van der Waals surface area contributed by atoms with Gasteiger partial charge in [0.1, 0.15) is 13.2 Å². The number of hydrogen-bond donors (Lipinski definition) is 2. The van der Waals surface area contributed by atoms with Crippen molar-refractivity contribution in [1.29, 1.82) is 0 Å². The number of rotatable bonds is 6. The van der Waals surface area contributed by atoms with Crippen LogP contribution in [0.4, 0.5) is 28.9 Å². The van der Waals surface area contributed by atoms with Crippen molar-refractivity contribution < 1.29 is 27.1 Å². The summed E-state index contributed by atoms with van der Waals surface area (Å²) in [4.78, 5) is 11.3. The molecule has 0 aromatic heterocycles. The van der Waals surface area contributed by atoms with Gasteiger partial charge >= 0.3 is 12.3 Å². The maximum absolute atomic E-state index is 12.5. The van der Waals surface area contributed by atoms with Gasteiger partial charge in [-0.15, -0.1) is 0 Å². The van der Waals surface area contributed by atoms with Crippen molar-refractivity contribution in [3.8, 4) is 0 Å². The number of hydrogen-bond acceptors (Lipinski definition) is 3. The van der Waals surface area contributed by atoms with Gasteiger partial charge in [-0.25, -0.2) is 8.78 Å². The summed E-state index contributed by atoms with van der Waals surface area (Å²) < 4.78 is 52.9. The smallest absolute Gasteiger partial charge is 0.330 e. The van der Waals surface area contributed by atoms with Gasteiger partial charge < -0.3 is 15.8 Å². The number of nitrogens with two attached hydrogens (primary N) is 1. The number of nitrogens with one attached hydrogen (secondary N) is 1. The number of halogens is 5. The second kappa shape index (κ2) is 6.76. The van der Waals surface area contributed by atoms with Gasteiger partial charge in [-0.1, -0.05) is 11.6 Å². The van der Waals surface area contributed by atoms with Crippen LogP contribution in [0.1, 0.15) is 0 Å². The van der Waals surface area contributed by atoms with Crippen LogP contribution in [-0.2, 0) is 9.53 Å². The van der Waals surface area contributed by atoms with Crippen LogP contribution in [0.15, 0.2) is 18.2 Å². The van der Waals surface area contributed by atoms with Crippen molar-refractivity contribution in [3.05, 3.63) is 23.2 Å². The Kier molecular flexibility index (Phi) is 5.58. The first kappa shape index (κ1) is 16.5. The van der Waals surface area contributed by atoms with Crippen molar-refractivity contribution in [2.75, 3.05) is 24.3 Å². The van der Waals surface area contributed by atoms with Gasteiger partial charge in [0.05, 0.1) is 10.7 Å². The van der Waals surface area contributed by atoms with Crippen molar-refractivity contribution in [1.82, 2.24) is 0 Å². The topological polar surface area (TPSA) is 64.3 Å². The standard InChI is InChI=1S/C11H11ClF4N2O2/c12-7-3-6(17)1-2-8(7)18-9(19)4-20-5-11(15,16)10(13)14/h1-3,10H,4-5,17H2,(H,18,19). The monoisotopic (exact) mass is 314 g/mol. The predicted octanol–water partition coefficient (Wildman–Crippen LogP) is 2.78. The zero-order chi connectivity index (χ0) is 15.3. The van der Waals surface area contributed by atoms with Crippen LogP contribution in [-0.4, -0.2) is 31.5 Å². The Labute approximate surface area is 116 Å². The Morgan fingerprint density at radius 3 is 2.65 bits per heavy atom. The zero-order valence-electron chi connectivity index (χ0n) is 10.0. The lowest BCUT2D eigenvalue weighted by Crippen LogP contribution is -2.34. The summed E-state index contributed by atoms with van der Waals surface area (Å²) in [6, 6.07) is 4.25. The Morgan fingerprint density at radius 2 is 2.10 bits per heavy atom. The van der Waals surface area contributed by atoms with Crippen LogP contribution in [0.5, 0.6) is 0 Å². The van der Waals surface area contributed by atoms with E-state index in [1.165, 1.54) is 18.2 Å². The molecule has 1 aromatic rings. The van der Waals surface area contributed by atoms with E-state index in [9.17, 15) is 22.4 Å². The highest BCUT2D eigenvalue weighted by Gasteiger charge is 2.41. The minimum Gasteiger partial charge on any atom is -0.399 e. The molecule has 112 valence electrons. The van der Waals surface area contributed by atoms with Gasteiger partial charge in [-0.2, -0.15) is 8.78 Å². The largest absolute Gasteiger partial charge is 0.399 e. The minimum absolute atomic E-state index is 0.149. The molecule has 0 fully saturated rings. The van der Waals surface area contributed by atoms with Crippen molar-refractivity contribution in [3.63, 3.8) is 0 Å². The molecule has 0 spiro atoms. The molecule has 1 amide bonds. The van der Waals surface area contributed by atoms with E-state index < -0.39 is 31.5 Å². The van der Waals surface area contributed by atoms with Crippen molar-refractivity contribution in [2.45, 2.75) is 12.3 Å². The van der Waals surface area contributed by atoms with Crippen LogP contribution in [0.2, 0.25) is 5.02 Å². The summed E-state index contributed by atoms with van der Waals surface area (Å²) in [5.74, 6) is -5.10. The summed E-state index contributed by atoms with van der Waals surface area (Å²) >= 11 is 5.77. The number of carbonyl (C=O) groups excluding carboxylic acids is 1. The van der Waals surface area contributed by atoms with Crippen LogP contribution in [0.25, 0.3) is 0 Å². The average Bonchev–Trinajstić information content (AvgIpc) is 2.32. The minimum atomic E-state index is -4.29. The molecular weight excluding hydrogens is 304 g/mol. The molecule has 3 N–H and O–H groups in total. The van der Waals surface area contributed by atoms with Crippen molar-refractivity contribution in [2.24, 2.45) is 0 Å². The quantitative estimate of drug-likeness (QED) is 0.627. The molecule has 0 unspecified atom stereocenters. The van der Waals surface area contributed by atoms with Gasteiger partial charge in [0, 0.05) is 5.69 Å². The Bertz CT molecular complexity index is 485. The molecule has 0 aliphatic rings. The van der Waals surface area contributed by atoms with E-state index >= 15 is 0 Å². The van der Waals surface area contributed by atoms with E-state index in [-0.39, 0.29) is 10.7 Å². The van der Waals surface area contributed by atoms with Crippen LogP contribution in [0, 0.1) is 0 Å². The Morgan fingerprint density at radius 1 is 1.45 bits per heavy atom. The Hall–Kier alpha value is -1.54. The number of nitrogen functional groups attached to an aromatic ring is 1. The van der Waals surface area contributed by atoms with Gasteiger partial charge in [0.25, 0.3) is 0 Å². The van der Waals surface area contributed by atoms with E-state index in [0.717, 1.165) is 0 Å². The molecule has 0 saturated heterocycles. The van der Waals surface area contributed by atoms with Gasteiger partial charge in [0.2, 0.25) is 5.91 Å². The zero-order valence-corrected chi connectivity index (χ0v) is 10.8. The summed E-state index contributed by atoms with van der Waals surface area (Å²) in [5, 5.41) is 2.42. The van der Waals surface area contributed by atoms with E-state index in [2.05, 4.69) is 10.1 Å². The molecular formula is C11H11ClF4N2O2. The molecule has 9 heteroatoms. The van der Waals surface area contributed by atoms with Gasteiger partial charge in [0.15, 0.2) is 0 Å². The van der Waals surface area contributed by atoms with E-state index in [1.807, 2.05) is 0 Å². The maximum atomic E-state index is 12.5. The third-order valence-electron chi connectivity index (χ3n) is 2.11. The highest BCUT2D eigenvalue weighted by atomic mass is 35.5. The highest BCUT2D eigenvalue weighted by molar-refractivity contribution is 6.34. The lowest BCUT2D eigenvalue weighted by Gasteiger charge is -2.15. The number of alkyl halides is 4. The predicted molar refractivity (Wildman–Crippen MR) is 66.3 cm³/mol. The van der Waals surface area contributed by atoms with Gasteiger partial charge in [-0.05, 0) is 18.2 Å². The lowest BCUT2D eigenvalue weighted by atomic mass is 10.3. The lowest BCUT2D eigenvalue weighted by molar-refractivity contribution is -0.167. The van der Waals surface area contributed by atoms with Gasteiger partial charge in [-0.3, -0.25) is 4.79 Å². The van der Waals surface area contributed by atoms with Crippen molar-refractivity contribution >= 4 is 28.9 Å². The molecule has 0 aliphatic carbocycles. The summed E-state index contributed by atoms with van der Waals surface area (Å²) in [6.07, 6.45) is -3.85. The third kappa shape index (κ3) is 4.86. The van der Waals surface area contributed by atoms with E-state index in [4.69, 9.17) is 17.3 Å².